The third kappa shape index (κ3) is 60.7. The number of hydroxylamine groups is 12. The average molecular weight is 1770 g/mol. The Bertz CT molecular complexity index is 3250. The molecule has 0 aromatic heterocycles. The highest BCUT2D eigenvalue weighted by atomic mass is 32.2. The smallest absolute Gasteiger partial charge is 0.469 e. The summed E-state index contributed by atoms with van der Waals surface area (Å²) < 4.78 is 81.2. The molecule has 0 radical (unpaired) electrons. The molecule has 118 heavy (non-hydrogen) atoms. The maximum absolute atomic E-state index is 12.7. The lowest BCUT2D eigenvalue weighted by Gasteiger charge is -2.41. The Morgan fingerprint density at radius 3 is 1.16 bits per heavy atom. The van der Waals surface area contributed by atoms with Crippen LogP contribution in [0.25, 0.3) is 0 Å². The van der Waals surface area contributed by atoms with Crippen LogP contribution in [0.15, 0.2) is 75.4 Å². The topological polar surface area (TPSA) is 530 Å². The molecule has 0 aliphatic heterocycles. The lowest BCUT2D eigenvalue weighted by Crippen LogP contribution is -2.51. The summed E-state index contributed by atoms with van der Waals surface area (Å²) in [5, 5.41) is 15.6. The maximum atomic E-state index is 12.7. The number of nitrogens with zero attached hydrogens (tertiary/aromatic N) is 6. The van der Waals surface area contributed by atoms with E-state index in [0.717, 1.165) is 83.4 Å². The third-order valence-corrected chi connectivity index (χ3v) is 20.7. The number of carbonyl (C=O) groups excluding carboxylic acids is 9. The van der Waals surface area contributed by atoms with E-state index in [0.29, 0.717) is 108 Å². The summed E-state index contributed by atoms with van der Waals surface area (Å²) in [7, 11) is -8.01. The molecule has 4 unspecified atom stereocenters. The summed E-state index contributed by atoms with van der Waals surface area (Å²) in [6.45, 7) is 23.9. The fourth-order valence-electron chi connectivity index (χ4n) is 11.7. The van der Waals surface area contributed by atoms with E-state index in [1.54, 1.807) is 6.92 Å². The van der Waals surface area contributed by atoms with Gasteiger partial charge in [-0.05, 0) is 166 Å². The number of carbonyl (C=O) groups is 10. The second kappa shape index (κ2) is 67.8. The molecule has 2 aliphatic carbocycles. The van der Waals surface area contributed by atoms with E-state index in [-0.39, 0.29) is 131 Å². The Labute approximate surface area is 694 Å². The van der Waals surface area contributed by atoms with Crippen LogP contribution in [0.2, 0.25) is 0 Å². The molecule has 8 N–H and O–H groups in total. The van der Waals surface area contributed by atoms with Gasteiger partial charge in [-0.2, -0.15) is 8.42 Å². The van der Waals surface area contributed by atoms with Crippen LogP contribution >= 0.6 is 23.0 Å². The molecule has 682 valence electrons. The van der Waals surface area contributed by atoms with E-state index < -0.39 is 74.9 Å². The largest absolute Gasteiger partial charge is 0.481 e. The normalized spacial score (nSPS) is 15.7. The summed E-state index contributed by atoms with van der Waals surface area (Å²) in [5.74, 6) is -5.25. The summed E-state index contributed by atoms with van der Waals surface area (Å²) >= 11 is 0. The highest BCUT2D eigenvalue weighted by molar-refractivity contribution is 7.85. The van der Waals surface area contributed by atoms with E-state index in [1.807, 2.05) is 0 Å². The standard InChI is InChI=1S/C20H33N2O9P.C17H31NO4.C16H28NO7P.C13H24NO8P.C9H17NO5S/c1-5-18(23)21(29-3)16-12-15(13-17(14-16)22(30-4)19(24)6-2)20(25)31-10-8-7-9-11-32(26,27)28;1-3-16(19)18(22-2)15-13-11-9-7-5-4-6-8-10-12-14-17(20)21;1-3-15(18)17(23-2)14-9-7-8-13(12-14)16(19)24-10-5-4-6-11-25(20,21)22;1-3-12(15)14(20-2)9-7-8-13(16)21-10-5-4-6-11-22-23(17,18)19;1-8(2)9(11)10(15-3)6-4-5-7-16(12,13)14/h5-6,15-17H,1-2,7-14H2,3-4H3,(H2,26,27,28);3H,1,4-15H2,2H3,(H,20,21);3,13-14H,1,4-12H2,2H3,(H2,20,21,22);3H,1,4-11H2,2H3,(H2,17,18,19);1,4-7H2,2-3H3,(H,12,13,14). The number of hydrogen-bond acceptors (Lipinski definition) is 25. The summed E-state index contributed by atoms with van der Waals surface area (Å²) in [6.07, 6.45) is 26.2. The zero-order valence-corrected chi connectivity index (χ0v) is 73.2. The van der Waals surface area contributed by atoms with Crippen molar-refractivity contribution in [3.63, 3.8) is 0 Å². The first-order valence-corrected chi connectivity index (χ1v) is 45.7. The maximum Gasteiger partial charge on any atom is 0.469 e. The van der Waals surface area contributed by atoms with Crippen LogP contribution in [0.5, 0.6) is 0 Å². The predicted octanol–water partition coefficient (Wildman–Crippen LogP) is 9.30. The highest BCUT2D eigenvalue weighted by Crippen LogP contribution is 2.38. The number of ether oxygens (including phenoxy) is 3. The minimum absolute atomic E-state index is 0.0393. The van der Waals surface area contributed by atoms with Gasteiger partial charge in [0.25, 0.3) is 45.6 Å². The Kier molecular flexibility index (Phi) is 66.3. The number of aliphatic carboxylic acids is 1. The fraction of sp³-hybridized carbons (Fsp3) is 0.707. The van der Waals surface area contributed by atoms with Gasteiger partial charge in [-0.1, -0.05) is 97.3 Å². The molecule has 2 saturated carbocycles. The van der Waals surface area contributed by atoms with Gasteiger partial charge in [-0.3, -0.25) is 95.2 Å². The molecule has 0 aromatic carbocycles. The second-order valence-corrected chi connectivity index (χ2v) is 33.4. The van der Waals surface area contributed by atoms with Gasteiger partial charge >= 0.3 is 46.9 Å². The van der Waals surface area contributed by atoms with Crippen molar-refractivity contribution in [2.24, 2.45) is 11.8 Å². The number of carboxylic acid groups (broad SMARTS) is 1. The fourth-order valence-corrected chi connectivity index (χ4v) is 13.9. The number of unbranched alkanes of at least 4 members (excludes halogenated alkanes) is 16. The molecule has 0 saturated heterocycles. The zero-order valence-electron chi connectivity index (χ0n) is 69.7. The van der Waals surface area contributed by atoms with E-state index in [9.17, 15) is 70.1 Å². The molecule has 39 nitrogen and oxygen atoms in total. The molecule has 0 spiro atoms. The summed E-state index contributed by atoms with van der Waals surface area (Å²) in [5.41, 5.74) is 0.344. The van der Waals surface area contributed by atoms with Crippen LogP contribution in [0.1, 0.15) is 206 Å². The van der Waals surface area contributed by atoms with Gasteiger partial charge in [0.2, 0.25) is 0 Å². The van der Waals surface area contributed by atoms with Crippen LogP contribution in [0, 0.1) is 11.8 Å². The van der Waals surface area contributed by atoms with Crippen molar-refractivity contribution in [3.8, 4) is 0 Å². The van der Waals surface area contributed by atoms with Crippen molar-refractivity contribution in [2.75, 3.05) is 107 Å². The number of rotatable bonds is 58. The van der Waals surface area contributed by atoms with Crippen molar-refractivity contribution in [1.29, 1.82) is 0 Å². The van der Waals surface area contributed by atoms with Gasteiger partial charge in [0.15, 0.2) is 0 Å². The summed E-state index contributed by atoms with van der Waals surface area (Å²) in [4.78, 5) is 199. The molecule has 6 amide bonds. The Hall–Kier alpha value is -6.78. The highest BCUT2D eigenvalue weighted by Gasteiger charge is 2.42. The molecule has 2 fully saturated rings. The van der Waals surface area contributed by atoms with Crippen molar-refractivity contribution < 1.29 is 157 Å². The Morgan fingerprint density at radius 2 is 0.771 bits per heavy atom. The summed E-state index contributed by atoms with van der Waals surface area (Å²) in [6, 6.07) is -1.23. The predicted molar refractivity (Wildman–Crippen MR) is 434 cm³/mol. The monoisotopic (exact) mass is 1770 g/mol. The zero-order chi connectivity index (χ0) is 90.3. The first kappa shape index (κ1) is 115. The lowest BCUT2D eigenvalue weighted by atomic mass is 9.82. The van der Waals surface area contributed by atoms with Crippen LogP contribution < -0.4 is 0 Å². The van der Waals surface area contributed by atoms with Gasteiger partial charge in [-0.15, -0.1) is 0 Å². The molecule has 43 heteroatoms. The Balaban J connectivity index is -0.00000142. The van der Waals surface area contributed by atoms with Crippen molar-refractivity contribution in [1.82, 2.24) is 30.4 Å². The molecule has 0 bridgehead atoms. The van der Waals surface area contributed by atoms with E-state index in [1.165, 1.54) is 97.0 Å². The second-order valence-electron chi connectivity index (χ2n) is 27.0. The number of hydrogen-bond donors (Lipinski definition) is 8. The molecule has 0 aromatic rings. The number of carboxylic acids is 1. The number of phosphoric ester groups is 1. The van der Waals surface area contributed by atoms with Crippen LogP contribution in [0.4, 0.5) is 0 Å². The van der Waals surface area contributed by atoms with Crippen LogP contribution in [0.3, 0.4) is 0 Å². The minimum Gasteiger partial charge on any atom is -0.481 e. The van der Waals surface area contributed by atoms with Gasteiger partial charge in [0, 0.05) is 50.4 Å². The molecular weight excluding hydrogens is 1640 g/mol. The molecule has 2 rings (SSSR count). The third-order valence-electron chi connectivity index (χ3n) is 17.6. The lowest BCUT2D eigenvalue weighted by molar-refractivity contribution is -0.209. The van der Waals surface area contributed by atoms with Gasteiger partial charge in [-0.25, -0.2) is 34.9 Å². The molecule has 4 atom stereocenters. The SMILES string of the molecule is C=C(C)C(=O)N(CCCCS(=O)(=O)O)OC.C=CC(=O)N(CCCC(=O)OCCCCCOP(=O)(O)O)OC.C=CC(=O)N(CCCCCCCCCCCCC(=O)O)OC.C=CC(=O)N(OC)C1CC(C(=O)OCCCCCP(=O)(O)O)CC(N(OC)C(=O)C=C)C1.C=CC(=O)N(OC)C1CCCC(C(=O)OCCCCCP(=O)(O)O)C1. The van der Waals surface area contributed by atoms with Crippen molar-refractivity contribution in [2.45, 2.75) is 224 Å². The molecule has 0 heterocycles. The molecular formula is C75H133N6O33P3S. The van der Waals surface area contributed by atoms with Gasteiger partial charge in [0.05, 0.1) is 105 Å². The number of esters is 3. The van der Waals surface area contributed by atoms with Gasteiger partial charge < -0.3 is 48.7 Å². The van der Waals surface area contributed by atoms with Crippen molar-refractivity contribution in [3.05, 3.63) is 75.4 Å². The first-order chi connectivity index (χ1) is 55.5. The minimum atomic E-state index is -4.40. The van der Waals surface area contributed by atoms with Gasteiger partial charge in [0.1, 0.15) is 0 Å². The van der Waals surface area contributed by atoms with E-state index in [4.69, 9.17) is 82.3 Å². The Morgan fingerprint density at radius 1 is 0.415 bits per heavy atom. The van der Waals surface area contributed by atoms with Crippen LogP contribution in [-0.2, 0) is 120 Å². The van der Waals surface area contributed by atoms with Crippen molar-refractivity contribution >= 4 is 92.5 Å². The van der Waals surface area contributed by atoms with E-state index >= 15 is 0 Å². The van der Waals surface area contributed by atoms with Crippen LogP contribution in [-0.4, -0.2) is 262 Å². The molecule has 2 aliphatic rings. The number of phosphoric acid groups is 1. The van der Waals surface area contributed by atoms with E-state index in [2.05, 4.69) is 44.0 Å². The average Bonchev–Trinajstić information content (AvgIpc) is 0.847. The first-order valence-electron chi connectivity index (χ1n) is 39.0. The number of amides is 6. The quantitative estimate of drug-likeness (QED) is 0.00534.